The second-order valence-electron chi connectivity index (χ2n) is 6.39. The van der Waals surface area contributed by atoms with Crippen molar-refractivity contribution in [3.05, 3.63) is 53.1 Å². The maximum absolute atomic E-state index is 12.6. The van der Waals surface area contributed by atoms with Crippen LogP contribution in [0, 0.1) is 6.92 Å². The molecule has 1 saturated heterocycles. The van der Waals surface area contributed by atoms with Crippen molar-refractivity contribution in [3.8, 4) is 5.75 Å². The van der Waals surface area contributed by atoms with Crippen LogP contribution in [0.1, 0.15) is 18.4 Å². The van der Waals surface area contributed by atoms with Gasteiger partial charge in [0, 0.05) is 23.8 Å². The molecule has 1 aliphatic heterocycles. The molecule has 8 heteroatoms. The van der Waals surface area contributed by atoms with Crippen LogP contribution in [-0.4, -0.2) is 38.3 Å². The van der Waals surface area contributed by atoms with E-state index >= 15 is 0 Å². The molecular weight excluding hydrogens is 388 g/mol. The van der Waals surface area contributed by atoms with Crippen molar-refractivity contribution in [1.82, 2.24) is 4.31 Å². The van der Waals surface area contributed by atoms with Crippen LogP contribution >= 0.6 is 11.6 Å². The lowest BCUT2D eigenvalue weighted by atomic mass is 10.2. The smallest absolute Gasteiger partial charge is 0.262 e. The monoisotopic (exact) mass is 408 g/mol. The lowest BCUT2D eigenvalue weighted by Gasteiger charge is -2.16. The molecule has 1 aliphatic rings. The van der Waals surface area contributed by atoms with Crippen molar-refractivity contribution in [3.63, 3.8) is 0 Å². The topological polar surface area (TPSA) is 75.7 Å². The standard InChI is InChI=1S/C19H21ClN2O4S/c1-14-11-16(7-8-18(14)20)26-13-19(23)21-15-5-4-6-17(12-15)27(24,25)22-9-2-3-10-22/h4-8,11-12H,2-3,9-10,13H2,1H3,(H,21,23). The van der Waals surface area contributed by atoms with E-state index in [4.69, 9.17) is 16.3 Å². The largest absolute Gasteiger partial charge is 0.484 e. The van der Waals surface area contributed by atoms with Crippen molar-refractivity contribution in [2.45, 2.75) is 24.7 Å². The second-order valence-corrected chi connectivity index (χ2v) is 8.73. The fourth-order valence-electron chi connectivity index (χ4n) is 2.86. The number of carbonyl (C=O) groups is 1. The molecule has 2 aromatic rings. The number of anilines is 1. The van der Waals surface area contributed by atoms with Crippen LogP contribution in [-0.2, 0) is 14.8 Å². The van der Waals surface area contributed by atoms with Crippen LogP contribution in [0.25, 0.3) is 0 Å². The van der Waals surface area contributed by atoms with Gasteiger partial charge in [0.15, 0.2) is 6.61 Å². The van der Waals surface area contributed by atoms with E-state index in [0.717, 1.165) is 18.4 Å². The Morgan fingerprint density at radius 3 is 2.63 bits per heavy atom. The minimum absolute atomic E-state index is 0.177. The van der Waals surface area contributed by atoms with E-state index in [0.29, 0.717) is 29.5 Å². The van der Waals surface area contributed by atoms with Gasteiger partial charge in [0.05, 0.1) is 4.90 Å². The average molecular weight is 409 g/mol. The molecule has 0 unspecified atom stereocenters. The first-order valence-electron chi connectivity index (χ1n) is 8.65. The number of aryl methyl sites for hydroxylation is 1. The van der Waals surface area contributed by atoms with Gasteiger partial charge in [0.25, 0.3) is 5.91 Å². The highest BCUT2D eigenvalue weighted by atomic mass is 35.5. The summed E-state index contributed by atoms with van der Waals surface area (Å²) in [6.07, 6.45) is 1.74. The van der Waals surface area contributed by atoms with Gasteiger partial charge in [0.2, 0.25) is 10.0 Å². The van der Waals surface area contributed by atoms with Crippen molar-refractivity contribution < 1.29 is 17.9 Å². The van der Waals surface area contributed by atoms with Gasteiger partial charge in [0.1, 0.15) is 5.75 Å². The summed E-state index contributed by atoms with van der Waals surface area (Å²) in [6, 6.07) is 11.4. The maximum atomic E-state index is 12.6. The molecule has 0 spiro atoms. The predicted octanol–water partition coefficient (Wildman–Crippen LogP) is 3.45. The summed E-state index contributed by atoms with van der Waals surface area (Å²) in [5, 5.41) is 3.30. The number of hydrogen-bond donors (Lipinski definition) is 1. The first kappa shape index (κ1) is 19.7. The normalized spacial score (nSPS) is 14.9. The minimum Gasteiger partial charge on any atom is -0.484 e. The summed E-state index contributed by atoms with van der Waals surface area (Å²) in [5.74, 6) is 0.163. The van der Waals surface area contributed by atoms with Gasteiger partial charge in [-0.1, -0.05) is 17.7 Å². The number of halogens is 1. The summed E-state index contributed by atoms with van der Waals surface area (Å²) in [6.45, 7) is 2.73. The molecule has 0 radical (unpaired) electrons. The van der Waals surface area contributed by atoms with Gasteiger partial charge in [-0.05, 0) is 61.7 Å². The lowest BCUT2D eigenvalue weighted by molar-refractivity contribution is -0.118. The van der Waals surface area contributed by atoms with Gasteiger partial charge in [-0.2, -0.15) is 4.31 Å². The molecule has 0 bridgehead atoms. The third-order valence-corrected chi connectivity index (χ3v) is 6.64. The predicted molar refractivity (Wildman–Crippen MR) is 105 cm³/mol. The van der Waals surface area contributed by atoms with E-state index in [9.17, 15) is 13.2 Å². The summed E-state index contributed by atoms with van der Waals surface area (Å²) < 4.78 is 32.2. The average Bonchev–Trinajstić information content (AvgIpc) is 3.18. The number of nitrogens with one attached hydrogen (secondary N) is 1. The maximum Gasteiger partial charge on any atom is 0.262 e. The molecular formula is C19H21ClN2O4S. The highest BCUT2D eigenvalue weighted by Gasteiger charge is 2.27. The number of sulfonamides is 1. The molecule has 1 fully saturated rings. The quantitative estimate of drug-likeness (QED) is 0.794. The van der Waals surface area contributed by atoms with Crippen LogP contribution in [0.5, 0.6) is 5.75 Å². The fraction of sp³-hybridized carbons (Fsp3) is 0.316. The second kappa shape index (κ2) is 8.29. The molecule has 1 amide bonds. The highest BCUT2D eigenvalue weighted by Crippen LogP contribution is 2.23. The number of rotatable bonds is 6. The number of ether oxygens (including phenoxy) is 1. The van der Waals surface area contributed by atoms with Gasteiger partial charge in [-0.25, -0.2) is 8.42 Å². The molecule has 0 aliphatic carbocycles. The van der Waals surface area contributed by atoms with E-state index in [2.05, 4.69) is 5.32 Å². The zero-order valence-corrected chi connectivity index (χ0v) is 16.5. The van der Waals surface area contributed by atoms with E-state index < -0.39 is 10.0 Å². The van der Waals surface area contributed by atoms with E-state index in [1.807, 2.05) is 6.92 Å². The first-order chi connectivity index (χ1) is 12.9. The Morgan fingerprint density at radius 2 is 1.93 bits per heavy atom. The number of amides is 1. The van der Waals surface area contributed by atoms with E-state index in [-0.39, 0.29) is 17.4 Å². The minimum atomic E-state index is -3.52. The number of carbonyl (C=O) groups excluding carboxylic acids is 1. The van der Waals surface area contributed by atoms with Crippen LogP contribution in [0.2, 0.25) is 5.02 Å². The molecule has 2 aromatic carbocycles. The molecule has 0 saturated carbocycles. The molecule has 0 aromatic heterocycles. The first-order valence-corrected chi connectivity index (χ1v) is 10.5. The van der Waals surface area contributed by atoms with Gasteiger partial charge >= 0.3 is 0 Å². The van der Waals surface area contributed by atoms with Crippen LogP contribution < -0.4 is 10.1 Å². The van der Waals surface area contributed by atoms with Crippen molar-refractivity contribution in [1.29, 1.82) is 0 Å². The molecule has 1 heterocycles. The van der Waals surface area contributed by atoms with Gasteiger partial charge in [-0.3, -0.25) is 4.79 Å². The molecule has 144 valence electrons. The molecule has 6 nitrogen and oxygen atoms in total. The van der Waals surface area contributed by atoms with Crippen LogP contribution in [0.15, 0.2) is 47.4 Å². The number of hydrogen-bond acceptors (Lipinski definition) is 4. The van der Waals surface area contributed by atoms with Crippen molar-refractivity contribution in [2.24, 2.45) is 0 Å². The molecule has 27 heavy (non-hydrogen) atoms. The van der Waals surface area contributed by atoms with Crippen molar-refractivity contribution in [2.75, 3.05) is 25.0 Å². The number of nitrogens with zero attached hydrogens (tertiary/aromatic N) is 1. The zero-order chi connectivity index (χ0) is 19.4. The zero-order valence-electron chi connectivity index (χ0n) is 14.9. The van der Waals surface area contributed by atoms with Crippen LogP contribution in [0.3, 0.4) is 0 Å². The Bertz CT molecular complexity index is 940. The van der Waals surface area contributed by atoms with Crippen LogP contribution in [0.4, 0.5) is 5.69 Å². The highest BCUT2D eigenvalue weighted by molar-refractivity contribution is 7.89. The summed E-state index contributed by atoms with van der Waals surface area (Å²) in [4.78, 5) is 12.3. The number of benzene rings is 2. The lowest BCUT2D eigenvalue weighted by Crippen LogP contribution is -2.28. The summed E-state index contributed by atoms with van der Waals surface area (Å²) >= 11 is 5.96. The van der Waals surface area contributed by atoms with E-state index in [1.165, 1.54) is 16.4 Å². The Kier molecular flexibility index (Phi) is 6.04. The van der Waals surface area contributed by atoms with Gasteiger partial charge in [-0.15, -0.1) is 0 Å². The molecule has 0 atom stereocenters. The third-order valence-electron chi connectivity index (χ3n) is 4.32. The Morgan fingerprint density at radius 1 is 1.19 bits per heavy atom. The molecule has 3 rings (SSSR count). The Balaban J connectivity index is 1.63. The summed E-state index contributed by atoms with van der Waals surface area (Å²) in [5.41, 5.74) is 1.27. The van der Waals surface area contributed by atoms with Gasteiger partial charge < -0.3 is 10.1 Å². The van der Waals surface area contributed by atoms with Crippen molar-refractivity contribution >= 4 is 33.2 Å². The SMILES string of the molecule is Cc1cc(OCC(=O)Nc2cccc(S(=O)(=O)N3CCCC3)c2)ccc1Cl. The van der Waals surface area contributed by atoms with E-state index in [1.54, 1.807) is 30.3 Å². The summed E-state index contributed by atoms with van der Waals surface area (Å²) in [7, 11) is -3.52. The Hall–Kier alpha value is -2.09. The fourth-order valence-corrected chi connectivity index (χ4v) is 4.55. The third kappa shape index (κ3) is 4.80. The Labute approximate surface area is 164 Å². The molecule has 1 N–H and O–H groups in total.